The van der Waals surface area contributed by atoms with Crippen LogP contribution in [-0.2, 0) is 22.8 Å². The van der Waals surface area contributed by atoms with E-state index < -0.39 is 0 Å². The van der Waals surface area contributed by atoms with Crippen molar-refractivity contribution in [3.8, 4) is 5.75 Å². The molecule has 8 heteroatoms. The second-order valence-corrected chi connectivity index (χ2v) is 8.04. The molecule has 1 N–H and O–H groups in total. The van der Waals surface area contributed by atoms with Gasteiger partial charge in [-0.15, -0.1) is 0 Å². The van der Waals surface area contributed by atoms with Gasteiger partial charge in [0.05, 0.1) is 17.3 Å². The number of fused-ring (bicyclic) bond motifs is 1. The van der Waals surface area contributed by atoms with E-state index in [2.05, 4.69) is 16.9 Å². The Balaban J connectivity index is 1.69. The smallest absolute Gasteiger partial charge is 0.251 e. The van der Waals surface area contributed by atoms with Gasteiger partial charge in [-0.2, -0.15) is 11.8 Å². The van der Waals surface area contributed by atoms with E-state index in [1.807, 2.05) is 12.1 Å². The Morgan fingerprint density at radius 3 is 3.04 bits per heavy atom. The van der Waals surface area contributed by atoms with Crippen molar-refractivity contribution in [2.75, 3.05) is 12.5 Å². The van der Waals surface area contributed by atoms with Crippen molar-refractivity contribution < 1.29 is 9.47 Å². The van der Waals surface area contributed by atoms with Gasteiger partial charge in [0.2, 0.25) is 0 Å². The predicted octanol–water partition coefficient (Wildman–Crippen LogP) is 4.23. The van der Waals surface area contributed by atoms with Crippen molar-refractivity contribution in [2.45, 2.75) is 36.6 Å². The van der Waals surface area contributed by atoms with Crippen LogP contribution in [0.4, 0.5) is 0 Å². The molecule has 1 aliphatic rings. The first-order valence-corrected chi connectivity index (χ1v) is 10.5. The van der Waals surface area contributed by atoms with Crippen LogP contribution in [0.5, 0.6) is 5.75 Å². The summed E-state index contributed by atoms with van der Waals surface area (Å²) in [5.74, 6) is 3.17. The van der Waals surface area contributed by atoms with Gasteiger partial charge in [0.1, 0.15) is 5.75 Å². The number of hydrogen-bond donors (Lipinski definition) is 1. The van der Waals surface area contributed by atoms with Crippen molar-refractivity contribution in [3.63, 3.8) is 0 Å². The quantitative estimate of drug-likeness (QED) is 0.428. The van der Waals surface area contributed by atoms with Gasteiger partial charge in [0.25, 0.3) is 5.56 Å². The first-order chi connectivity index (χ1) is 12.2. The number of aromatic amines is 1. The summed E-state index contributed by atoms with van der Waals surface area (Å²) in [5, 5.41) is 1.21. The molecule has 0 atom stereocenters. The fraction of sp³-hybridized carbons (Fsp3) is 0.412. The number of H-pyrrole nitrogens is 1. The molecule has 0 fully saturated rings. The fourth-order valence-electron chi connectivity index (χ4n) is 2.42. The first kappa shape index (κ1) is 18.6. The third-order valence-electron chi connectivity index (χ3n) is 3.47. The lowest BCUT2D eigenvalue weighted by molar-refractivity contribution is -0.0163. The van der Waals surface area contributed by atoms with Crippen molar-refractivity contribution in [2.24, 2.45) is 0 Å². The molecule has 1 aromatic carbocycles. The van der Waals surface area contributed by atoms with Gasteiger partial charge in [-0.25, -0.2) is 4.98 Å². The van der Waals surface area contributed by atoms with E-state index in [-0.39, 0.29) is 12.4 Å². The molecular formula is C17H19ClN2O3S2. The zero-order chi connectivity index (χ0) is 17.6. The maximum atomic E-state index is 11.8. The van der Waals surface area contributed by atoms with Crippen molar-refractivity contribution in [1.82, 2.24) is 9.97 Å². The maximum Gasteiger partial charge on any atom is 0.251 e. The van der Waals surface area contributed by atoms with Crippen LogP contribution in [-0.4, -0.2) is 22.5 Å². The fourth-order valence-corrected chi connectivity index (χ4v) is 4.35. The highest BCUT2D eigenvalue weighted by Gasteiger charge is 2.16. The van der Waals surface area contributed by atoms with Crippen LogP contribution < -0.4 is 10.3 Å². The zero-order valence-corrected chi connectivity index (χ0v) is 16.2. The second-order valence-electron chi connectivity index (χ2n) is 5.56. The van der Waals surface area contributed by atoms with Crippen LogP contribution in [0, 0.1) is 0 Å². The van der Waals surface area contributed by atoms with Crippen LogP contribution in [0.15, 0.2) is 28.2 Å². The van der Waals surface area contributed by atoms with Crippen LogP contribution in [0.3, 0.4) is 0 Å². The van der Waals surface area contributed by atoms with E-state index in [4.69, 9.17) is 21.1 Å². The third kappa shape index (κ3) is 5.17. The lowest BCUT2D eigenvalue weighted by Crippen LogP contribution is -2.12. The van der Waals surface area contributed by atoms with Crippen LogP contribution in [0.25, 0.3) is 0 Å². The average Bonchev–Trinajstić information content (AvgIpc) is 2.60. The van der Waals surface area contributed by atoms with E-state index in [1.165, 1.54) is 11.8 Å². The molecule has 0 bridgehead atoms. The van der Waals surface area contributed by atoms with Gasteiger partial charge in [0, 0.05) is 23.1 Å². The molecule has 2 heterocycles. The molecule has 2 aromatic rings. The largest absolute Gasteiger partial charge is 0.466 e. The number of nitrogens with zero attached hydrogens (tertiary/aromatic N) is 1. The molecule has 5 nitrogen and oxygen atoms in total. The Morgan fingerprint density at radius 2 is 2.20 bits per heavy atom. The molecule has 134 valence electrons. The monoisotopic (exact) mass is 398 g/mol. The van der Waals surface area contributed by atoms with Crippen LogP contribution in [0.2, 0.25) is 5.02 Å². The molecule has 0 aliphatic carbocycles. The Morgan fingerprint density at radius 1 is 1.32 bits per heavy atom. The summed E-state index contributed by atoms with van der Waals surface area (Å²) in [4.78, 5) is 19.2. The molecule has 0 radical (unpaired) electrons. The van der Waals surface area contributed by atoms with Crippen molar-refractivity contribution in [1.29, 1.82) is 0 Å². The van der Waals surface area contributed by atoms with Crippen molar-refractivity contribution in [3.05, 3.63) is 50.4 Å². The minimum Gasteiger partial charge on any atom is -0.466 e. The summed E-state index contributed by atoms with van der Waals surface area (Å²) in [7, 11) is 0. The van der Waals surface area contributed by atoms with Gasteiger partial charge in [0.15, 0.2) is 11.9 Å². The Bertz CT molecular complexity index is 798. The molecule has 3 rings (SSSR count). The van der Waals surface area contributed by atoms with Gasteiger partial charge >= 0.3 is 0 Å². The summed E-state index contributed by atoms with van der Waals surface area (Å²) in [6.07, 6.45) is 1.11. The van der Waals surface area contributed by atoms with Gasteiger partial charge in [-0.05, 0) is 29.9 Å². The van der Waals surface area contributed by atoms with Gasteiger partial charge in [-0.1, -0.05) is 30.3 Å². The summed E-state index contributed by atoms with van der Waals surface area (Å²) < 4.78 is 10.7. The SMILES string of the molecule is CCCSCc1cc(=O)[nH]c(SCc2cc(Cl)c3c(c2)COCO3)n1. The Labute approximate surface area is 159 Å². The van der Waals surface area contributed by atoms with E-state index in [0.717, 1.165) is 34.7 Å². The minimum absolute atomic E-state index is 0.116. The lowest BCUT2D eigenvalue weighted by Gasteiger charge is -2.19. The summed E-state index contributed by atoms with van der Waals surface area (Å²) in [6, 6.07) is 5.47. The number of aromatic nitrogens is 2. The predicted molar refractivity (Wildman–Crippen MR) is 103 cm³/mol. The number of nitrogens with one attached hydrogen (secondary N) is 1. The number of hydrogen-bond acceptors (Lipinski definition) is 6. The van der Waals surface area contributed by atoms with Crippen LogP contribution >= 0.6 is 35.1 Å². The highest BCUT2D eigenvalue weighted by Crippen LogP contribution is 2.34. The topological polar surface area (TPSA) is 64.2 Å². The third-order valence-corrected chi connectivity index (χ3v) is 5.89. The lowest BCUT2D eigenvalue weighted by atomic mass is 10.1. The molecule has 25 heavy (non-hydrogen) atoms. The molecule has 0 saturated heterocycles. The standard InChI is InChI=1S/C17H19ClN2O3S2/c1-2-3-24-9-13-6-15(21)20-17(19-13)25-8-11-4-12-7-22-10-23-16(12)14(18)5-11/h4-6H,2-3,7-10H2,1H3,(H,19,20,21). The number of benzene rings is 1. The van der Waals surface area contributed by atoms with Crippen molar-refractivity contribution >= 4 is 35.1 Å². The van der Waals surface area contributed by atoms with Gasteiger partial charge < -0.3 is 14.5 Å². The first-order valence-electron chi connectivity index (χ1n) is 7.98. The maximum absolute atomic E-state index is 11.8. The second kappa shape index (κ2) is 8.98. The van der Waals surface area contributed by atoms with E-state index >= 15 is 0 Å². The summed E-state index contributed by atoms with van der Waals surface area (Å²) >= 11 is 9.55. The highest BCUT2D eigenvalue weighted by atomic mass is 35.5. The van der Waals surface area contributed by atoms with E-state index in [1.54, 1.807) is 17.8 Å². The molecular weight excluding hydrogens is 380 g/mol. The van der Waals surface area contributed by atoms with Crippen LogP contribution in [0.1, 0.15) is 30.2 Å². The zero-order valence-electron chi connectivity index (χ0n) is 13.8. The number of ether oxygens (including phenoxy) is 2. The minimum atomic E-state index is -0.116. The number of rotatable bonds is 7. The number of thioether (sulfide) groups is 2. The summed E-state index contributed by atoms with van der Waals surface area (Å²) in [5.41, 5.74) is 2.68. The van der Waals surface area contributed by atoms with Gasteiger partial charge in [-0.3, -0.25) is 4.79 Å². The normalized spacial score (nSPS) is 13.4. The molecule has 0 spiro atoms. The highest BCUT2D eigenvalue weighted by molar-refractivity contribution is 7.98. The Hall–Kier alpha value is -1.15. The molecule has 0 amide bonds. The molecule has 0 saturated carbocycles. The average molecular weight is 399 g/mol. The summed E-state index contributed by atoms with van der Waals surface area (Å²) in [6.45, 7) is 2.86. The Kier molecular flexibility index (Phi) is 6.70. The molecule has 1 aliphatic heterocycles. The number of halogens is 1. The van der Waals surface area contributed by atoms with E-state index in [0.29, 0.717) is 28.3 Å². The molecule has 1 aromatic heterocycles. The molecule has 0 unspecified atom stereocenters. The van der Waals surface area contributed by atoms with E-state index in [9.17, 15) is 4.79 Å².